The van der Waals surface area contributed by atoms with Crippen LogP contribution in [0.5, 0.6) is 0 Å². The maximum atomic E-state index is 12.3. The Morgan fingerprint density at radius 1 is 1.26 bits per heavy atom. The van der Waals surface area contributed by atoms with Crippen molar-refractivity contribution in [3.63, 3.8) is 0 Å². The van der Waals surface area contributed by atoms with E-state index in [9.17, 15) is 9.59 Å². The van der Waals surface area contributed by atoms with Crippen LogP contribution in [0.3, 0.4) is 0 Å². The molecular formula is C14H23NO4. The molecule has 0 aliphatic heterocycles. The number of aliphatic carboxylic acids is 1. The zero-order chi connectivity index (χ0) is 13.9. The zero-order valence-corrected chi connectivity index (χ0v) is 11.5. The summed E-state index contributed by atoms with van der Waals surface area (Å²) in [5.41, 5.74) is -0.321. The van der Waals surface area contributed by atoms with Crippen molar-refractivity contribution in [2.24, 2.45) is 11.3 Å². The van der Waals surface area contributed by atoms with Crippen molar-refractivity contribution >= 4 is 11.9 Å². The monoisotopic (exact) mass is 269 g/mol. The number of carbonyl (C=O) groups is 2. The first kappa shape index (κ1) is 14.3. The first-order chi connectivity index (χ1) is 9.07. The highest BCUT2D eigenvalue weighted by atomic mass is 16.5. The molecule has 0 saturated heterocycles. The molecule has 108 valence electrons. The first-order valence-electron chi connectivity index (χ1n) is 7.10. The highest BCUT2D eigenvalue weighted by Crippen LogP contribution is 2.41. The van der Waals surface area contributed by atoms with E-state index in [-0.39, 0.29) is 23.3 Å². The first-order valence-corrected chi connectivity index (χ1v) is 7.10. The lowest BCUT2D eigenvalue weighted by Gasteiger charge is -2.41. The van der Waals surface area contributed by atoms with E-state index in [0.29, 0.717) is 19.4 Å². The lowest BCUT2D eigenvalue weighted by molar-refractivity contribution is -0.143. The van der Waals surface area contributed by atoms with Gasteiger partial charge in [0.2, 0.25) is 5.91 Å². The van der Waals surface area contributed by atoms with E-state index in [1.165, 1.54) is 0 Å². The maximum absolute atomic E-state index is 12.3. The fourth-order valence-electron chi connectivity index (χ4n) is 3.14. The maximum Gasteiger partial charge on any atom is 0.306 e. The number of rotatable bonds is 5. The molecule has 2 aliphatic carbocycles. The second-order valence-electron chi connectivity index (χ2n) is 5.93. The van der Waals surface area contributed by atoms with Gasteiger partial charge >= 0.3 is 5.97 Å². The summed E-state index contributed by atoms with van der Waals surface area (Å²) in [5.74, 6) is -0.844. The van der Waals surface area contributed by atoms with Gasteiger partial charge in [-0.05, 0) is 38.5 Å². The van der Waals surface area contributed by atoms with Gasteiger partial charge in [-0.2, -0.15) is 0 Å². The third kappa shape index (κ3) is 3.08. The third-order valence-electron chi connectivity index (χ3n) is 4.62. The van der Waals surface area contributed by atoms with E-state index in [4.69, 9.17) is 9.84 Å². The molecule has 2 rings (SSSR count). The van der Waals surface area contributed by atoms with E-state index < -0.39 is 5.97 Å². The molecule has 0 unspecified atom stereocenters. The van der Waals surface area contributed by atoms with Crippen LogP contribution in [0.4, 0.5) is 0 Å². The van der Waals surface area contributed by atoms with Crippen molar-refractivity contribution in [2.75, 3.05) is 13.7 Å². The summed E-state index contributed by atoms with van der Waals surface area (Å²) in [4.78, 5) is 23.2. The number of carbonyl (C=O) groups excluding carboxylic acids is 1. The predicted octanol–water partition coefficient (Wildman–Crippen LogP) is 1.56. The van der Waals surface area contributed by atoms with Crippen molar-refractivity contribution in [1.29, 1.82) is 0 Å². The number of nitrogens with one attached hydrogen (secondary N) is 1. The van der Waals surface area contributed by atoms with Gasteiger partial charge in [0.1, 0.15) is 0 Å². The molecule has 2 N–H and O–H groups in total. The summed E-state index contributed by atoms with van der Waals surface area (Å²) in [7, 11) is 1.63. The minimum absolute atomic E-state index is 0.0966. The molecule has 5 heteroatoms. The van der Waals surface area contributed by atoms with Crippen LogP contribution in [0.15, 0.2) is 0 Å². The number of carboxylic acids is 1. The highest BCUT2D eigenvalue weighted by molar-refractivity contribution is 5.84. The summed E-state index contributed by atoms with van der Waals surface area (Å²) < 4.78 is 5.17. The average Bonchev–Trinajstić information content (AvgIpc) is 2.34. The van der Waals surface area contributed by atoms with E-state index >= 15 is 0 Å². The molecule has 0 radical (unpaired) electrons. The van der Waals surface area contributed by atoms with Crippen LogP contribution in [-0.2, 0) is 14.3 Å². The zero-order valence-electron chi connectivity index (χ0n) is 11.5. The van der Waals surface area contributed by atoms with Crippen molar-refractivity contribution in [2.45, 2.75) is 51.0 Å². The smallest absolute Gasteiger partial charge is 0.306 e. The largest absolute Gasteiger partial charge is 0.481 e. The molecule has 2 fully saturated rings. The highest BCUT2D eigenvalue weighted by Gasteiger charge is 2.44. The molecule has 0 aromatic heterocycles. The van der Waals surface area contributed by atoms with E-state index in [1.54, 1.807) is 7.11 Å². The Kier molecular flexibility index (Phi) is 4.45. The lowest BCUT2D eigenvalue weighted by Crippen LogP contribution is -2.52. The standard InChI is InChI=1S/C14H23NO4/c1-19-9-14(7-2-8-14)13(18)15-11-5-3-10(4-6-11)12(16)17/h10-11H,2-9H2,1H3,(H,15,18)(H,16,17). The number of hydrogen-bond donors (Lipinski definition) is 2. The minimum Gasteiger partial charge on any atom is -0.481 e. The molecule has 0 aromatic rings. The van der Waals surface area contributed by atoms with Crippen molar-refractivity contribution in [1.82, 2.24) is 5.32 Å². The van der Waals surface area contributed by atoms with Crippen molar-refractivity contribution in [3.05, 3.63) is 0 Å². The average molecular weight is 269 g/mol. The van der Waals surface area contributed by atoms with Crippen LogP contribution in [0.25, 0.3) is 0 Å². The van der Waals surface area contributed by atoms with Crippen LogP contribution in [0, 0.1) is 11.3 Å². The summed E-state index contributed by atoms with van der Waals surface area (Å²) in [6, 6.07) is 0.137. The second kappa shape index (κ2) is 5.90. The third-order valence-corrected chi connectivity index (χ3v) is 4.62. The van der Waals surface area contributed by atoms with Gasteiger partial charge in [-0.3, -0.25) is 9.59 Å². The molecule has 0 heterocycles. The molecule has 0 spiro atoms. The number of ether oxygens (including phenoxy) is 1. The summed E-state index contributed by atoms with van der Waals surface area (Å²) in [6.07, 6.45) is 5.75. The van der Waals surface area contributed by atoms with E-state index in [1.807, 2.05) is 0 Å². The Morgan fingerprint density at radius 3 is 2.32 bits per heavy atom. The van der Waals surface area contributed by atoms with Gasteiger partial charge < -0.3 is 15.2 Å². The van der Waals surface area contributed by atoms with Gasteiger partial charge in [0.25, 0.3) is 0 Å². The number of carboxylic acid groups (broad SMARTS) is 1. The quantitative estimate of drug-likeness (QED) is 0.794. The van der Waals surface area contributed by atoms with Crippen LogP contribution < -0.4 is 5.32 Å². The van der Waals surface area contributed by atoms with Crippen LogP contribution in [-0.4, -0.2) is 36.7 Å². The molecule has 0 aromatic carbocycles. The van der Waals surface area contributed by atoms with Crippen molar-refractivity contribution in [3.8, 4) is 0 Å². The van der Waals surface area contributed by atoms with Gasteiger partial charge in [0.15, 0.2) is 0 Å². The second-order valence-corrected chi connectivity index (χ2v) is 5.93. The molecule has 19 heavy (non-hydrogen) atoms. The number of hydrogen-bond acceptors (Lipinski definition) is 3. The van der Waals surface area contributed by atoms with Gasteiger partial charge in [0, 0.05) is 13.2 Å². The number of methoxy groups -OCH3 is 1. The molecule has 5 nitrogen and oxygen atoms in total. The van der Waals surface area contributed by atoms with Crippen LogP contribution >= 0.6 is 0 Å². The predicted molar refractivity (Wildman–Crippen MR) is 69.7 cm³/mol. The fourth-order valence-corrected chi connectivity index (χ4v) is 3.14. The van der Waals surface area contributed by atoms with Gasteiger partial charge in [0.05, 0.1) is 17.9 Å². The van der Waals surface area contributed by atoms with E-state index in [0.717, 1.165) is 32.1 Å². The van der Waals surface area contributed by atoms with Gasteiger partial charge in [-0.25, -0.2) is 0 Å². The Morgan fingerprint density at radius 2 is 1.89 bits per heavy atom. The van der Waals surface area contributed by atoms with Gasteiger partial charge in [-0.1, -0.05) is 6.42 Å². The number of amides is 1. The normalized spacial score (nSPS) is 29.3. The Bertz CT molecular complexity index is 343. The molecule has 0 bridgehead atoms. The van der Waals surface area contributed by atoms with Crippen LogP contribution in [0.1, 0.15) is 44.9 Å². The molecular weight excluding hydrogens is 246 g/mol. The van der Waals surface area contributed by atoms with Crippen molar-refractivity contribution < 1.29 is 19.4 Å². The fraction of sp³-hybridized carbons (Fsp3) is 0.857. The molecule has 0 atom stereocenters. The Labute approximate surface area is 113 Å². The van der Waals surface area contributed by atoms with Crippen LogP contribution in [0.2, 0.25) is 0 Å². The Balaban J connectivity index is 1.82. The molecule has 2 aliphatic rings. The summed E-state index contributed by atoms with van der Waals surface area (Å²) >= 11 is 0. The summed E-state index contributed by atoms with van der Waals surface area (Å²) in [6.45, 7) is 0.489. The minimum atomic E-state index is -0.709. The topological polar surface area (TPSA) is 75.6 Å². The lowest BCUT2D eigenvalue weighted by atomic mass is 9.68. The summed E-state index contributed by atoms with van der Waals surface area (Å²) in [5, 5.41) is 12.0. The van der Waals surface area contributed by atoms with Gasteiger partial charge in [-0.15, -0.1) is 0 Å². The van der Waals surface area contributed by atoms with E-state index in [2.05, 4.69) is 5.32 Å². The molecule has 2 saturated carbocycles. The molecule has 1 amide bonds. The Hall–Kier alpha value is -1.10. The SMILES string of the molecule is COCC1(C(=O)NC2CCC(C(=O)O)CC2)CCC1.